The lowest BCUT2D eigenvalue weighted by Gasteiger charge is -2.15. The quantitative estimate of drug-likeness (QED) is 0.502. The lowest BCUT2D eigenvalue weighted by molar-refractivity contribution is 0.250. The summed E-state index contributed by atoms with van der Waals surface area (Å²) >= 11 is 4.20. The highest BCUT2D eigenvalue weighted by Gasteiger charge is 2.20. The van der Waals surface area contributed by atoms with E-state index < -0.39 is 0 Å². The van der Waals surface area contributed by atoms with Gasteiger partial charge in [0.15, 0.2) is 0 Å². The zero-order chi connectivity index (χ0) is 10.2. The van der Waals surface area contributed by atoms with Gasteiger partial charge >= 0.3 is 0 Å². The second-order valence-electron chi connectivity index (χ2n) is 4.25. The molecule has 14 heavy (non-hydrogen) atoms. The standard InChI is InChI=1S/C11H23NOS/c13-8-5-11-4-7-12(10-11)6-2-1-3-9-14/h11,13-14H,1-10H2. The van der Waals surface area contributed by atoms with Crippen LogP contribution in [0.3, 0.4) is 0 Å². The second-order valence-corrected chi connectivity index (χ2v) is 4.70. The predicted octanol–water partition coefficient (Wildman–Crippen LogP) is 1.79. The first-order valence-corrected chi connectivity index (χ1v) is 6.44. The number of unbranched alkanes of at least 4 members (excludes halogenated alkanes) is 2. The summed E-state index contributed by atoms with van der Waals surface area (Å²) in [7, 11) is 0. The summed E-state index contributed by atoms with van der Waals surface area (Å²) in [6.45, 7) is 4.06. The molecular formula is C11H23NOS. The first-order chi connectivity index (χ1) is 6.86. The predicted molar refractivity (Wildman–Crippen MR) is 64.0 cm³/mol. The molecule has 1 aliphatic heterocycles. The highest BCUT2D eigenvalue weighted by molar-refractivity contribution is 7.80. The van der Waals surface area contributed by atoms with Crippen LogP contribution in [0.5, 0.6) is 0 Å². The van der Waals surface area contributed by atoms with E-state index in [2.05, 4.69) is 17.5 Å². The molecule has 84 valence electrons. The van der Waals surface area contributed by atoms with Gasteiger partial charge in [0, 0.05) is 13.2 Å². The van der Waals surface area contributed by atoms with Crippen LogP contribution < -0.4 is 0 Å². The number of aliphatic hydroxyl groups is 1. The van der Waals surface area contributed by atoms with Crippen molar-refractivity contribution >= 4 is 12.6 Å². The minimum atomic E-state index is 0.359. The molecule has 3 heteroatoms. The lowest BCUT2D eigenvalue weighted by atomic mass is 10.1. The Morgan fingerprint density at radius 3 is 2.86 bits per heavy atom. The third-order valence-electron chi connectivity index (χ3n) is 3.04. The maximum atomic E-state index is 8.83. The van der Waals surface area contributed by atoms with Gasteiger partial charge in [0.05, 0.1) is 0 Å². The summed E-state index contributed by atoms with van der Waals surface area (Å²) in [5.41, 5.74) is 0. The van der Waals surface area contributed by atoms with E-state index in [0.717, 1.165) is 18.1 Å². The summed E-state index contributed by atoms with van der Waals surface area (Å²) < 4.78 is 0. The molecule has 0 radical (unpaired) electrons. The molecule has 0 spiro atoms. The van der Waals surface area contributed by atoms with Crippen LogP contribution in [-0.4, -0.2) is 42.0 Å². The fourth-order valence-corrected chi connectivity index (χ4v) is 2.38. The van der Waals surface area contributed by atoms with Gasteiger partial charge in [-0.3, -0.25) is 0 Å². The molecule has 1 heterocycles. The Morgan fingerprint density at radius 1 is 1.29 bits per heavy atom. The zero-order valence-corrected chi connectivity index (χ0v) is 9.88. The summed E-state index contributed by atoms with van der Waals surface area (Å²) in [5, 5.41) is 8.83. The van der Waals surface area contributed by atoms with E-state index in [1.807, 2.05) is 0 Å². The smallest absolute Gasteiger partial charge is 0.0434 e. The summed E-state index contributed by atoms with van der Waals surface area (Å²) in [6, 6.07) is 0. The molecule has 1 N–H and O–H groups in total. The van der Waals surface area contributed by atoms with E-state index >= 15 is 0 Å². The summed E-state index contributed by atoms with van der Waals surface area (Å²) in [4.78, 5) is 2.54. The van der Waals surface area contributed by atoms with E-state index in [4.69, 9.17) is 5.11 Å². The van der Waals surface area contributed by atoms with Crippen LogP contribution in [0.2, 0.25) is 0 Å². The Labute approximate surface area is 93.1 Å². The first-order valence-electron chi connectivity index (χ1n) is 5.81. The molecule has 1 saturated heterocycles. The van der Waals surface area contributed by atoms with E-state index in [1.165, 1.54) is 45.3 Å². The molecule has 0 aromatic rings. The van der Waals surface area contributed by atoms with Gasteiger partial charge in [-0.25, -0.2) is 0 Å². The van der Waals surface area contributed by atoms with Crippen LogP contribution >= 0.6 is 12.6 Å². The van der Waals surface area contributed by atoms with Gasteiger partial charge in [-0.05, 0) is 50.4 Å². The van der Waals surface area contributed by atoms with E-state index in [0.29, 0.717) is 6.61 Å². The Morgan fingerprint density at radius 2 is 2.14 bits per heavy atom. The molecule has 1 atom stereocenters. The average Bonchev–Trinajstić information content (AvgIpc) is 2.61. The Bertz CT molecular complexity index is 143. The fraction of sp³-hybridized carbons (Fsp3) is 1.00. The number of rotatable bonds is 7. The van der Waals surface area contributed by atoms with Crippen LogP contribution in [0.1, 0.15) is 32.1 Å². The third kappa shape index (κ3) is 4.67. The van der Waals surface area contributed by atoms with Crippen molar-refractivity contribution in [2.45, 2.75) is 32.1 Å². The van der Waals surface area contributed by atoms with Crippen molar-refractivity contribution in [3.05, 3.63) is 0 Å². The number of aliphatic hydroxyl groups excluding tert-OH is 1. The van der Waals surface area contributed by atoms with Crippen molar-refractivity contribution in [1.82, 2.24) is 4.90 Å². The van der Waals surface area contributed by atoms with Crippen LogP contribution in [0.25, 0.3) is 0 Å². The highest BCUT2D eigenvalue weighted by Crippen LogP contribution is 2.19. The molecule has 0 aromatic heterocycles. The Hall–Kier alpha value is 0.270. The van der Waals surface area contributed by atoms with Gasteiger partial charge in [0.25, 0.3) is 0 Å². The van der Waals surface area contributed by atoms with E-state index in [9.17, 15) is 0 Å². The van der Waals surface area contributed by atoms with Crippen molar-refractivity contribution in [1.29, 1.82) is 0 Å². The summed E-state index contributed by atoms with van der Waals surface area (Å²) in [6.07, 6.45) is 6.15. The fourth-order valence-electron chi connectivity index (χ4n) is 2.16. The van der Waals surface area contributed by atoms with Crippen molar-refractivity contribution < 1.29 is 5.11 Å². The van der Waals surface area contributed by atoms with E-state index in [1.54, 1.807) is 0 Å². The van der Waals surface area contributed by atoms with Crippen LogP contribution in [0.15, 0.2) is 0 Å². The van der Waals surface area contributed by atoms with Crippen LogP contribution in [-0.2, 0) is 0 Å². The molecule has 1 unspecified atom stereocenters. The van der Waals surface area contributed by atoms with Gasteiger partial charge in [0.1, 0.15) is 0 Å². The number of hydrogen-bond donors (Lipinski definition) is 2. The van der Waals surface area contributed by atoms with Crippen molar-refractivity contribution in [2.75, 3.05) is 32.0 Å². The molecule has 1 fully saturated rings. The average molecular weight is 217 g/mol. The highest BCUT2D eigenvalue weighted by atomic mass is 32.1. The maximum absolute atomic E-state index is 8.83. The van der Waals surface area contributed by atoms with Crippen LogP contribution in [0, 0.1) is 5.92 Å². The Kier molecular flexibility index (Phi) is 6.65. The van der Waals surface area contributed by atoms with Crippen LogP contribution in [0.4, 0.5) is 0 Å². The number of thiol groups is 1. The summed E-state index contributed by atoms with van der Waals surface area (Å²) in [5.74, 6) is 1.78. The number of hydrogen-bond acceptors (Lipinski definition) is 3. The minimum Gasteiger partial charge on any atom is -0.396 e. The largest absolute Gasteiger partial charge is 0.396 e. The minimum absolute atomic E-state index is 0.359. The molecule has 2 nitrogen and oxygen atoms in total. The van der Waals surface area contributed by atoms with Crippen molar-refractivity contribution in [2.24, 2.45) is 5.92 Å². The second kappa shape index (κ2) is 7.55. The molecule has 0 aliphatic carbocycles. The molecule has 1 rings (SSSR count). The van der Waals surface area contributed by atoms with Gasteiger partial charge in [-0.15, -0.1) is 0 Å². The van der Waals surface area contributed by atoms with Gasteiger partial charge in [-0.1, -0.05) is 6.42 Å². The van der Waals surface area contributed by atoms with Crippen molar-refractivity contribution in [3.8, 4) is 0 Å². The molecule has 0 amide bonds. The number of likely N-dealkylation sites (tertiary alicyclic amines) is 1. The molecule has 0 aromatic carbocycles. The van der Waals surface area contributed by atoms with Gasteiger partial charge in [-0.2, -0.15) is 12.6 Å². The van der Waals surface area contributed by atoms with Crippen molar-refractivity contribution in [3.63, 3.8) is 0 Å². The van der Waals surface area contributed by atoms with Gasteiger partial charge in [0.2, 0.25) is 0 Å². The molecule has 1 aliphatic rings. The first kappa shape index (κ1) is 12.3. The topological polar surface area (TPSA) is 23.5 Å². The maximum Gasteiger partial charge on any atom is 0.0434 e. The monoisotopic (exact) mass is 217 g/mol. The third-order valence-corrected chi connectivity index (χ3v) is 3.36. The lowest BCUT2D eigenvalue weighted by Crippen LogP contribution is -2.22. The molecular weight excluding hydrogens is 194 g/mol. The van der Waals surface area contributed by atoms with Gasteiger partial charge < -0.3 is 10.0 Å². The van der Waals surface area contributed by atoms with E-state index in [-0.39, 0.29) is 0 Å². The molecule has 0 saturated carbocycles. The SMILES string of the molecule is OCCC1CCN(CCCCCS)C1. The zero-order valence-electron chi connectivity index (χ0n) is 8.99. The normalized spacial score (nSPS) is 23.1. The molecule has 0 bridgehead atoms. The Balaban J connectivity index is 1.98. The number of nitrogens with zero attached hydrogens (tertiary/aromatic N) is 1.